The number of aromatic nitrogens is 2. The molecule has 4 rings (SSSR count). The zero-order chi connectivity index (χ0) is 17.2. The van der Waals surface area contributed by atoms with E-state index in [-0.39, 0.29) is 11.9 Å². The fraction of sp³-hybridized carbons (Fsp3) is 0.500. The summed E-state index contributed by atoms with van der Waals surface area (Å²) in [4.78, 5) is 25.1. The zero-order valence-electron chi connectivity index (χ0n) is 14.8. The van der Waals surface area contributed by atoms with Crippen LogP contribution >= 0.6 is 0 Å². The highest BCUT2D eigenvalue weighted by Crippen LogP contribution is 2.27. The lowest BCUT2D eigenvalue weighted by molar-refractivity contribution is -0.137. The molecule has 1 aromatic heterocycles. The van der Waals surface area contributed by atoms with Crippen LogP contribution in [0, 0.1) is 0 Å². The third kappa shape index (κ3) is 3.33. The number of benzene rings is 1. The van der Waals surface area contributed by atoms with Crippen LogP contribution in [0.15, 0.2) is 36.7 Å². The van der Waals surface area contributed by atoms with Crippen LogP contribution in [0.2, 0.25) is 0 Å². The standard InChI is InChI=1S/C20H26N4O/c1-15(23-11-4-7-18(14-23)19-21-9-10-22-19)20(25)24-12-8-16-5-2-3-6-17(16)13-24/h2-3,5-6,9-10,15,18H,4,7-8,11-14H2,1H3,(H,21,22)/t15-,18-/m0/s1. The number of imidazole rings is 1. The summed E-state index contributed by atoms with van der Waals surface area (Å²) < 4.78 is 0. The lowest BCUT2D eigenvalue weighted by Gasteiger charge is -2.38. The van der Waals surface area contributed by atoms with Crippen molar-refractivity contribution in [2.24, 2.45) is 0 Å². The van der Waals surface area contributed by atoms with Crippen LogP contribution in [0.1, 0.15) is 42.6 Å². The number of nitrogens with zero attached hydrogens (tertiary/aromatic N) is 3. The minimum Gasteiger partial charge on any atom is -0.348 e. The van der Waals surface area contributed by atoms with Gasteiger partial charge in [0.05, 0.1) is 6.04 Å². The monoisotopic (exact) mass is 338 g/mol. The number of rotatable bonds is 3. The number of piperidine rings is 1. The normalized spacial score (nSPS) is 22.4. The SMILES string of the molecule is C[C@@H](C(=O)N1CCc2ccccc2C1)N1CCC[C@H](c2ncc[nH]2)C1. The van der Waals surface area contributed by atoms with Gasteiger partial charge < -0.3 is 9.88 Å². The number of hydrogen-bond donors (Lipinski definition) is 1. The van der Waals surface area contributed by atoms with Crippen LogP contribution < -0.4 is 0 Å². The molecule has 5 heteroatoms. The van der Waals surface area contributed by atoms with E-state index < -0.39 is 0 Å². The maximum atomic E-state index is 13.1. The van der Waals surface area contributed by atoms with E-state index in [0.717, 1.165) is 51.3 Å². The summed E-state index contributed by atoms with van der Waals surface area (Å²) in [5, 5.41) is 0. The lowest BCUT2D eigenvalue weighted by atomic mass is 9.95. The fourth-order valence-corrected chi connectivity index (χ4v) is 4.19. The second-order valence-electron chi connectivity index (χ2n) is 7.26. The van der Waals surface area contributed by atoms with Gasteiger partial charge in [-0.25, -0.2) is 4.98 Å². The number of hydrogen-bond acceptors (Lipinski definition) is 3. The number of carbonyl (C=O) groups is 1. The summed E-state index contributed by atoms with van der Waals surface area (Å²) >= 11 is 0. The van der Waals surface area contributed by atoms with Gasteiger partial charge in [-0.1, -0.05) is 24.3 Å². The molecule has 1 fully saturated rings. The highest BCUT2D eigenvalue weighted by atomic mass is 16.2. The maximum Gasteiger partial charge on any atom is 0.239 e. The van der Waals surface area contributed by atoms with Gasteiger partial charge in [0.2, 0.25) is 5.91 Å². The summed E-state index contributed by atoms with van der Waals surface area (Å²) in [6.07, 6.45) is 6.92. The molecule has 132 valence electrons. The Morgan fingerprint density at radius 2 is 2.12 bits per heavy atom. The van der Waals surface area contributed by atoms with Gasteiger partial charge in [-0.3, -0.25) is 9.69 Å². The predicted molar refractivity (Wildman–Crippen MR) is 97.2 cm³/mol. The lowest BCUT2D eigenvalue weighted by Crippen LogP contribution is -2.51. The number of aromatic amines is 1. The van der Waals surface area contributed by atoms with Crippen LogP contribution in [0.3, 0.4) is 0 Å². The van der Waals surface area contributed by atoms with E-state index in [1.165, 1.54) is 11.1 Å². The number of fused-ring (bicyclic) bond motifs is 1. The molecule has 1 aromatic carbocycles. The van der Waals surface area contributed by atoms with Crippen LogP contribution in [-0.4, -0.2) is 51.4 Å². The first kappa shape index (κ1) is 16.3. The third-order valence-corrected chi connectivity index (χ3v) is 5.71. The van der Waals surface area contributed by atoms with E-state index in [0.29, 0.717) is 5.92 Å². The number of likely N-dealkylation sites (tertiary alicyclic amines) is 1. The Kier molecular flexibility index (Phi) is 4.57. The Labute approximate surface area is 149 Å². The van der Waals surface area contributed by atoms with E-state index in [2.05, 4.69) is 46.1 Å². The Morgan fingerprint density at radius 1 is 1.28 bits per heavy atom. The quantitative estimate of drug-likeness (QED) is 0.936. The second kappa shape index (κ2) is 7.00. The molecule has 0 bridgehead atoms. The summed E-state index contributed by atoms with van der Waals surface area (Å²) in [6.45, 7) is 5.54. The van der Waals surface area contributed by atoms with Crippen molar-refractivity contribution in [3.63, 3.8) is 0 Å². The average Bonchev–Trinajstić information content (AvgIpc) is 3.21. The van der Waals surface area contributed by atoms with Crippen LogP contribution in [-0.2, 0) is 17.8 Å². The molecule has 0 unspecified atom stereocenters. The molecule has 2 aliphatic heterocycles. The average molecular weight is 338 g/mol. The first-order valence-electron chi connectivity index (χ1n) is 9.31. The molecule has 0 aliphatic carbocycles. The largest absolute Gasteiger partial charge is 0.348 e. The number of amides is 1. The highest BCUT2D eigenvalue weighted by Gasteiger charge is 2.32. The molecule has 2 aliphatic rings. The molecule has 0 spiro atoms. The van der Waals surface area contributed by atoms with Crippen molar-refractivity contribution < 1.29 is 4.79 Å². The molecule has 2 atom stereocenters. The van der Waals surface area contributed by atoms with Gasteiger partial charge in [-0.05, 0) is 43.9 Å². The van der Waals surface area contributed by atoms with Crippen molar-refractivity contribution in [1.29, 1.82) is 0 Å². The van der Waals surface area contributed by atoms with Crippen molar-refractivity contribution in [2.75, 3.05) is 19.6 Å². The van der Waals surface area contributed by atoms with Gasteiger partial charge in [0.15, 0.2) is 0 Å². The molecule has 0 radical (unpaired) electrons. The van der Waals surface area contributed by atoms with Gasteiger partial charge in [0.25, 0.3) is 0 Å². The second-order valence-corrected chi connectivity index (χ2v) is 7.26. The van der Waals surface area contributed by atoms with Crippen molar-refractivity contribution >= 4 is 5.91 Å². The minimum atomic E-state index is -0.0666. The van der Waals surface area contributed by atoms with Crippen LogP contribution in [0.25, 0.3) is 0 Å². The predicted octanol–water partition coefficient (Wildman–Crippen LogP) is 2.56. The summed E-state index contributed by atoms with van der Waals surface area (Å²) in [7, 11) is 0. The van der Waals surface area contributed by atoms with Gasteiger partial charge >= 0.3 is 0 Å². The van der Waals surface area contributed by atoms with E-state index in [4.69, 9.17) is 0 Å². The van der Waals surface area contributed by atoms with Gasteiger partial charge in [-0.2, -0.15) is 0 Å². The van der Waals surface area contributed by atoms with Gasteiger partial charge in [0, 0.05) is 37.9 Å². The highest BCUT2D eigenvalue weighted by molar-refractivity contribution is 5.81. The topological polar surface area (TPSA) is 52.2 Å². The van der Waals surface area contributed by atoms with Crippen LogP contribution in [0.5, 0.6) is 0 Å². The Bertz CT molecular complexity index is 727. The van der Waals surface area contributed by atoms with Crippen molar-refractivity contribution in [1.82, 2.24) is 19.8 Å². The maximum absolute atomic E-state index is 13.1. The Morgan fingerprint density at radius 3 is 2.92 bits per heavy atom. The molecule has 3 heterocycles. The van der Waals surface area contributed by atoms with Gasteiger partial charge in [-0.15, -0.1) is 0 Å². The molecular formula is C20H26N4O. The molecule has 1 amide bonds. The van der Waals surface area contributed by atoms with Crippen LogP contribution in [0.4, 0.5) is 0 Å². The van der Waals surface area contributed by atoms with E-state index in [1.807, 2.05) is 17.3 Å². The van der Waals surface area contributed by atoms with E-state index in [1.54, 1.807) is 0 Å². The smallest absolute Gasteiger partial charge is 0.239 e. The molecule has 0 saturated carbocycles. The first-order chi connectivity index (χ1) is 12.2. The molecule has 25 heavy (non-hydrogen) atoms. The first-order valence-corrected chi connectivity index (χ1v) is 9.31. The molecule has 1 N–H and O–H groups in total. The van der Waals surface area contributed by atoms with E-state index >= 15 is 0 Å². The molecule has 1 saturated heterocycles. The fourth-order valence-electron chi connectivity index (χ4n) is 4.19. The number of nitrogens with one attached hydrogen (secondary N) is 1. The molecular weight excluding hydrogens is 312 g/mol. The summed E-state index contributed by atoms with van der Waals surface area (Å²) in [5.74, 6) is 1.71. The molecule has 2 aromatic rings. The van der Waals surface area contributed by atoms with Crippen molar-refractivity contribution in [3.05, 3.63) is 53.6 Å². The summed E-state index contributed by atoms with van der Waals surface area (Å²) in [5.41, 5.74) is 2.68. The number of H-pyrrole nitrogens is 1. The minimum absolute atomic E-state index is 0.0666. The Balaban J connectivity index is 1.42. The summed E-state index contributed by atoms with van der Waals surface area (Å²) in [6, 6.07) is 8.41. The van der Waals surface area contributed by atoms with Gasteiger partial charge in [0.1, 0.15) is 5.82 Å². The van der Waals surface area contributed by atoms with E-state index in [9.17, 15) is 4.79 Å². The third-order valence-electron chi connectivity index (χ3n) is 5.71. The zero-order valence-corrected chi connectivity index (χ0v) is 14.8. The number of carbonyl (C=O) groups excluding carboxylic acids is 1. The van der Waals surface area contributed by atoms with Crippen molar-refractivity contribution in [2.45, 2.75) is 44.7 Å². The molecule has 5 nitrogen and oxygen atoms in total. The Hall–Kier alpha value is -2.14. The van der Waals surface area contributed by atoms with Crippen molar-refractivity contribution in [3.8, 4) is 0 Å².